The summed E-state index contributed by atoms with van der Waals surface area (Å²) in [5, 5.41) is 3.42. The lowest BCUT2D eigenvalue weighted by atomic mass is 9.97. The smallest absolute Gasteiger partial charge is 0.308 e. The average molecular weight is 480 g/mol. The molecule has 2 aliphatic heterocycles. The lowest BCUT2D eigenvalue weighted by Crippen LogP contribution is -2.47. The van der Waals surface area contributed by atoms with Crippen LogP contribution in [0.15, 0.2) is 4.99 Å². The van der Waals surface area contributed by atoms with Crippen molar-refractivity contribution in [3.8, 4) is 0 Å². The number of carbonyl (C=O) groups is 1. The van der Waals surface area contributed by atoms with Crippen LogP contribution in [0.5, 0.6) is 0 Å². The van der Waals surface area contributed by atoms with Gasteiger partial charge in [0.2, 0.25) is 0 Å². The Morgan fingerprint density at radius 3 is 2.42 bits per heavy atom. The fourth-order valence-electron chi connectivity index (χ4n) is 3.80. The van der Waals surface area contributed by atoms with E-state index in [0.717, 1.165) is 51.5 Å². The zero-order valence-electron chi connectivity index (χ0n) is 16.7. The molecule has 2 heterocycles. The summed E-state index contributed by atoms with van der Waals surface area (Å²) in [5.41, 5.74) is 0. The Hall–Kier alpha value is -0.570. The van der Waals surface area contributed by atoms with Crippen LogP contribution in [0.3, 0.4) is 0 Å². The van der Waals surface area contributed by atoms with Gasteiger partial charge in [0, 0.05) is 32.7 Å². The van der Waals surface area contributed by atoms with E-state index in [9.17, 15) is 4.79 Å². The summed E-state index contributed by atoms with van der Waals surface area (Å²) < 4.78 is 4.88. The van der Waals surface area contributed by atoms with E-state index in [2.05, 4.69) is 29.0 Å². The van der Waals surface area contributed by atoms with E-state index in [1.165, 1.54) is 39.5 Å². The topological polar surface area (TPSA) is 57.2 Å². The molecule has 7 heteroatoms. The molecule has 1 atom stereocenters. The minimum Gasteiger partial charge on any atom is -0.469 e. The van der Waals surface area contributed by atoms with Gasteiger partial charge in [-0.15, -0.1) is 24.0 Å². The molecule has 0 spiro atoms. The SMILES string of the molecule is CCNC(=NCC(C)CN1CCCCC1)N1CCC(C(=O)OC)CC1.I. The number of esters is 1. The van der Waals surface area contributed by atoms with Gasteiger partial charge in [0.1, 0.15) is 0 Å². The van der Waals surface area contributed by atoms with E-state index in [1.54, 1.807) is 0 Å². The van der Waals surface area contributed by atoms with E-state index < -0.39 is 0 Å². The van der Waals surface area contributed by atoms with E-state index in [4.69, 9.17) is 9.73 Å². The maximum atomic E-state index is 11.7. The molecule has 2 aliphatic rings. The van der Waals surface area contributed by atoms with Crippen LogP contribution in [-0.4, -0.2) is 74.7 Å². The number of nitrogens with zero attached hydrogens (tertiary/aromatic N) is 3. The van der Waals surface area contributed by atoms with Crippen molar-refractivity contribution in [1.29, 1.82) is 0 Å². The van der Waals surface area contributed by atoms with Crippen LogP contribution in [0.1, 0.15) is 46.0 Å². The van der Waals surface area contributed by atoms with E-state index in [0.29, 0.717) is 5.92 Å². The Labute approximate surface area is 176 Å². The van der Waals surface area contributed by atoms with Crippen molar-refractivity contribution in [2.45, 2.75) is 46.0 Å². The lowest BCUT2D eigenvalue weighted by Gasteiger charge is -2.33. The molecule has 0 radical (unpaired) electrons. The number of ether oxygens (including phenoxy) is 1. The molecule has 0 aromatic carbocycles. The summed E-state index contributed by atoms with van der Waals surface area (Å²) in [4.78, 5) is 21.4. The van der Waals surface area contributed by atoms with Gasteiger partial charge in [-0.2, -0.15) is 0 Å². The second kappa shape index (κ2) is 12.8. The van der Waals surface area contributed by atoms with Crippen molar-refractivity contribution in [1.82, 2.24) is 15.1 Å². The van der Waals surface area contributed by atoms with Crippen molar-refractivity contribution < 1.29 is 9.53 Å². The molecule has 0 aromatic heterocycles. The Morgan fingerprint density at radius 1 is 1.19 bits per heavy atom. The quantitative estimate of drug-likeness (QED) is 0.274. The first-order valence-electron chi connectivity index (χ1n) is 9.97. The molecule has 0 aromatic rings. The van der Waals surface area contributed by atoms with Crippen LogP contribution in [0, 0.1) is 11.8 Å². The summed E-state index contributed by atoms with van der Waals surface area (Å²) in [6.07, 6.45) is 5.76. The van der Waals surface area contributed by atoms with E-state index >= 15 is 0 Å². The van der Waals surface area contributed by atoms with Gasteiger partial charge in [-0.3, -0.25) is 9.79 Å². The second-order valence-electron chi connectivity index (χ2n) is 7.45. The van der Waals surface area contributed by atoms with Gasteiger partial charge < -0.3 is 19.9 Å². The number of likely N-dealkylation sites (tertiary alicyclic amines) is 2. The Bertz CT molecular complexity index is 433. The molecule has 0 bridgehead atoms. The van der Waals surface area contributed by atoms with Crippen LogP contribution in [0.4, 0.5) is 0 Å². The fraction of sp³-hybridized carbons (Fsp3) is 0.895. The highest BCUT2D eigenvalue weighted by atomic mass is 127. The number of guanidine groups is 1. The zero-order valence-corrected chi connectivity index (χ0v) is 19.0. The third kappa shape index (κ3) is 7.58. The summed E-state index contributed by atoms with van der Waals surface area (Å²) in [6, 6.07) is 0. The van der Waals surface area contributed by atoms with Gasteiger partial charge in [-0.1, -0.05) is 13.3 Å². The molecule has 0 amide bonds. The number of piperidine rings is 2. The maximum absolute atomic E-state index is 11.7. The largest absolute Gasteiger partial charge is 0.469 e. The number of carbonyl (C=O) groups excluding carboxylic acids is 1. The van der Waals surface area contributed by atoms with Crippen molar-refractivity contribution >= 4 is 35.9 Å². The van der Waals surface area contributed by atoms with Crippen LogP contribution in [0.2, 0.25) is 0 Å². The summed E-state index contributed by atoms with van der Waals surface area (Å²) in [6.45, 7) is 11.5. The molecule has 1 N–H and O–H groups in total. The molecule has 0 saturated carbocycles. The Balaban J connectivity index is 0.00000338. The normalized spacial score (nSPS) is 21.0. The minimum absolute atomic E-state index is 0. The number of aliphatic imine (C=N–C) groups is 1. The summed E-state index contributed by atoms with van der Waals surface area (Å²) in [5.74, 6) is 1.54. The minimum atomic E-state index is -0.0725. The Kier molecular flexibility index (Phi) is 11.5. The highest BCUT2D eigenvalue weighted by molar-refractivity contribution is 14.0. The van der Waals surface area contributed by atoms with Gasteiger partial charge in [0.05, 0.1) is 13.0 Å². The first kappa shape index (κ1) is 23.5. The average Bonchev–Trinajstić information content (AvgIpc) is 2.65. The molecule has 0 aliphatic carbocycles. The maximum Gasteiger partial charge on any atom is 0.308 e. The molecular weight excluding hydrogens is 443 g/mol. The van der Waals surface area contributed by atoms with Gasteiger partial charge >= 0.3 is 5.97 Å². The van der Waals surface area contributed by atoms with Crippen molar-refractivity contribution in [3.05, 3.63) is 0 Å². The van der Waals surface area contributed by atoms with Gasteiger partial charge in [0.15, 0.2) is 5.96 Å². The standard InChI is InChI=1S/C19H36N4O2.HI/c1-4-20-19(23-12-8-17(9-13-23)18(24)25-3)21-14-16(2)15-22-10-6-5-7-11-22;/h16-17H,4-15H2,1-3H3,(H,20,21);1H. The fourth-order valence-corrected chi connectivity index (χ4v) is 3.80. The third-order valence-corrected chi connectivity index (χ3v) is 5.24. The molecule has 2 fully saturated rings. The van der Waals surface area contributed by atoms with Gasteiger partial charge in [0.25, 0.3) is 0 Å². The first-order chi connectivity index (χ1) is 12.1. The molecule has 26 heavy (non-hydrogen) atoms. The van der Waals surface area contributed by atoms with Gasteiger partial charge in [-0.25, -0.2) is 0 Å². The summed E-state index contributed by atoms with van der Waals surface area (Å²) in [7, 11) is 1.48. The van der Waals surface area contributed by atoms with Crippen LogP contribution >= 0.6 is 24.0 Å². The molecule has 1 unspecified atom stereocenters. The molecular formula is C19H37IN4O2. The second-order valence-corrected chi connectivity index (χ2v) is 7.45. The highest BCUT2D eigenvalue weighted by Gasteiger charge is 2.27. The van der Waals surface area contributed by atoms with Crippen LogP contribution in [0.25, 0.3) is 0 Å². The number of rotatable bonds is 6. The van der Waals surface area contributed by atoms with Crippen molar-refractivity contribution in [3.63, 3.8) is 0 Å². The molecule has 2 saturated heterocycles. The van der Waals surface area contributed by atoms with E-state index in [1.807, 2.05) is 0 Å². The van der Waals surface area contributed by atoms with Crippen LogP contribution in [-0.2, 0) is 9.53 Å². The van der Waals surface area contributed by atoms with Crippen molar-refractivity contribution in [2.75, 3.05) is 52.9 Å². The number of halogens is 1. The predicted octanol–water partition coefficient (Wildman–Crippen LogP) is 2.58. The Morgan fingerprint density at radius 2 is 1.85 bits per heavy atom. The first-order valence-corrected chi connectivity index (χ1v) is 9.97. The van der Waals surface area contributed by atoms with Gasteiger partial charge in [-0.05, 0) is 51.6 Å². The lowest BCUT2D eigenvalue weighted by molar-refractivity contribution is -0.146. The summed E-state index contributed by atoms with van der Waals surface area (Å²) >= 11 is 0. The van der Waals surface area contributed by atoms with Crippen LogP contribution < -0.4 is 5.32 Å². The zero-order chi connectivity index (χ0) is 18.1. The number of methoxy groups -OCH3 is 1. The number of nitrogens with one attached hydrogen (secondary N) is 1. The predicted molar refractivity (Wildman–Crippen MR) is 117 cm³/mol. The van der Waals surface area contributed by atoms with Crippen molar-refractivity contribution in [2.24, 2.45) is 16.8 Å². The third-order valence-electron chi connectivity index (χ3n) is 5.24. The molecule has 2 rings (SSSR count). The highest BCUT2D eigenvalue weighted by Crippen LogP contribution is 2.18. The monoisotopic (exact) mass is 480 g/mol. The molecule has 6 nitrogen and oxygen atoms in total. The molecule has 152 valence electrons. The number of hydrogen-bond acceptors (Lipinski definition) is 4. The van der Waals surface area contributed by atoms with E-state index in [-0.39, 0.29) is 35.9 Å². The number of hydrogen-bond donors (Lipinski definition) is 1.